The second-order valence-corrected chi connectivity index (χ2v) is 3.00. The van der Waals surface area contributed by atoms with Crippen LogP contribution in [-0.4, -0.2) is 33.0 Å². The van der Waals surface area contributed by atoms with Crippen LogP contribution in [0.15, 0.2) is 31.0 Å². The summed E-state index contributed by atoms with van der Waals surface area (Å²) in [5.41, 5.74) is 0.685. The minimum absolute atomic E-state index is 0.225. The molecule has 0 fully saturated rings. The Bertz CT molecular complexity index is 500. The molecule has 0 radical (unpaired) electrons. The molecule has 2 heterocycles. The monoisotopic (exact) mass is 231 g/mol. The summed E-state index contributed by atoms with van der Waals surface area (Å²) in [5.74, 6) is -0.369. The van der Waals surface area contributed by atoms with Crippen LogP contribution in [0.25, 0.3) is 0 Å². The Morgan fingerprint density at radius 3 is 2.53 bits per heavy atom. The van der Waals surface area contributed by atoms with E-state index in [1.54, 1.807) is 0 Å². The van der Waals surface area contributed by atoms with Gasteiger partial charge in [-0.3, -0.25) is 9.78 Å². The van der Waals surface area contributed by atoms with Crippen LogP contribution in [0.5, 0.6) is 6.01 Å². The minimum atomic E-state index is -0.369. The van der Waals surface area contributed by atoms with Gasteiger partial charge in [0, 0.05) is 12.4 Å². The molecule has 0 aliphatic carbocycles. The highest BCUT2D eigenvalue weighted by Gasteiger charge is 2.07. The van der Waals surface area contributed by atoms with Crippen molar-refractivity contribution in [3.63, 3.8) is 0 Å². The van der Waals surface area contributed by atoms with Gasteiger partial charge < -0.3 is 10.1 Å². The number of nitrogens with one attached hydrogen (secondary N) is 1. The number of methoxy groups -OCH3 is 1. The van der Waals surface area contributed by atoms with Gasteiger partial charge in [-0.2, -0.15) is 0 Å². The van der Waals surface area contributed by atoms with Gasteiger partial charge in [0.1, 0.15) is 5.69 Å². The average Bonchev–Trinajstić information content (AvgIpc) is 2.40. The molecule has 0 unspecified atom stereocenters. The maximum absolute atomic E-state index is 11.7. The molecule has 0 atom stereocenters. The predicted molar refractivity (Wildman–Crippen MR) is 58.6 cm³/mol. The maximum Gasteiger partial charge on any atom is 0.316 e. The largest absolute Gasteiger partial charge is 0.467 e. The number of aromatic nitrogens is 4. The zero-order valence-electron chi connectivity index (χ0n) is 8.99. The van der Waals surface area contributed by atoms with Gasteiger partial charge in [0.25, 0.3) is 5.91 Å². The molecule has 7 heteroatoms. The topological polar surface area (TPSA) is 89.9 Å². The van der Waals surface area contributed by atoms with E-state index in [2.05, 4.69) is 25.3 Å². The lowest BCUT2D eigenvalue weighted by Crippen LogP contribution is -2.14. The number of hydrogen-bond donors (Lipinski definition) is 1. The Hall–Kier alpha value is -2.57. The third kappa shape index (κ3) is 2.71. The van der Waals surface area contributed by atoms with E-state index in [9.17, 15) is 4.79 Å². The Labute approximate surface area is 96.9 Å². The van der Waals surface area contributed by atoms with Crippen molar-refractivity contribution in [1.82, 2.24) is 19.9 Å². The highest BCUT2D eigenvalue weighted by atomic mass is 16.5. The molecule has 2 rings (SSSR count). The first-order valence-electron chi connectivity index (χ1n) is 4.73. The van der Waals surface area contributed by atoms with Gasteiger partial charge >= 0.3 is 6.01 Å². The second-order valence-electron chi connectivity index (χ2n) is 3.00. The summed E-state index contributed by atoms with van der Waals surface area (Å²) >= 11 is 0. The fourth-order valence-corrected chi connectivity index (χ4v) is 1.10. The molecule has 1 N–H and O–H groups in total. The molecule has 0 saturated heterocycles. The van der Waals surface area contributed by atoms with E-state index in [1.807, 2.05) is 0 Å². The van der Waals surface area contributed by atoms with Gasteiger partial charge in [0.2, 0.25) is 0 Å². The van der Waals surface area contributed by atoms with E-state index in [-0.39, 0.29) is 17.6 Å². The van der Waals surface area contributed by atoms with Gasteiger partial charge in [0.05, 0.1) is 31.4 Å². The molecule has 0 bridgehead atoms. The molecule has 2 aromatic heterocycles. The van der Waals surface area contributed by atoms with Gasteiger partial charge in [-0.15, -0.1) is 0 Å². The Morgan fingerprint density at radius 1 is 1.18 bits per heavy atom. The molecule has 7 nitrogen and oxygen atoms in total. The van der Waals surface area contributed by atoms with Crippen molar-refractivity contribution in [3.05, 3.63) is 36.7 Å². The number of carbonyl (C=O) groups excluding carboxylic acids is 1. The van der Waals surface area contributed by atoms with Gasteiger partial charge in [-0.05, 0) is 0 Å². The van der Waals surface area contributed by atoms with Crippen molar-refractivity contribution in [1.29, 1.82) is 0 Å². The predicted octanol–water partition coefficient (Wildman–Crippen LogP) is 0.527. The molecule has 0 saturated carbocycles. The van der Waals surface area contributed by atoms with E-state index in [0.717, 1.165) is 0 Å². The summed E-state index contributed by atoms with van der Waals surface area (Å²) < 4.78 is 4.80. The zero-order valence-corrected chi connectivity index (χ0v) is 8.99. The van der Waals surface area contributed by atoms with E-state index < -0.39 is 0 Å². The summed E-state index contributed by atoms with van der Waals surface area (Å²) in [6.45, 7) is 0. The number of rotatable bonds is 3. The highest BCUT2D eigenvalue weighted by Crippen LogP contribution is 2.07. The first-order chi connectivity index (χ1) is 8.29. The van der Waals surface area contributed by atoms with Crippen molar-refractivity contribution in [2.45, 2.75) is 0 Å². The summed E-state index contributed by atoms with van der Waals surface area (Å²) in [6, 6.07) is 0.238. The van der Waals surface area contributed by atoms with E-state index in [4.69, 9.17) is 4.74 Å². The van der Waals surface area contributed by atoms with E-state index >= 15 is 0 Å². The molecule has 0 aliphatic heterocycles. The van der Waals surface area contributed by atoms with Crippen LogP contribution >= 0.6 is 0 Å². The highest BCUT2D eigenvalue weighted by molar-refractivity contribution is 6.02. The summed E-state index contributed by atoms with van der Waals surface area (Å²) in [4.78, 5) is 27.1. The van der Waals surface area contributed by atoms with Crippen LogP contribution in [0.1, 0.15) is 10.5 Å². The molecule has 17 heavy (non-hydrogen) atoms. The molecule has 86 valence electrons. The van der Waals surface area contributed by atoms with Crippen molar-refractivity contribution in [2.24, 2.45) is 0 Å². The molecule has 0 aliphatic rings. The third-order valence-corrected chi connectivity index (χ3v) is 1.86. The molecule has 0 aromatic carbocycles. The number of anilines is 1. The lowest BCUT2D eigenvalue weighted by molar-refractivity contribution is 0.102. The van der Waals surface area contributed by atoms with Gasteiger partial charge in [-0.1, -0.05) is 0 Å². The van der Waals surface area contributed by atoms with Gasteiger partial charge in [-0.25, -0.2) is 15.0 Å². The SMILES string of the molecule is COc1ncc(NC(=O)c2cnccn2)cn1. The molecule has 0 spiro atoms. The van der Waals surface area contributed by atoms with Crippen LogP contribution in [-0.2, 0) is 0 Å². The third-order valence-electron chi connectivity index (χ3n) is 1.86. The van der Waals surface area contributed by atoms with Crippen molar-refractivity contribution in [2.75, 3.05) is 12.4 Å². The van der Waals surface area contributed by atoms with E-state index in [0.29, 0.717) is 5.69 Å². The van der Waals surface area contributed by atoms with Crippen LogP contribution < -0.4 is 10.1 Å². The zero-order chi connectivity index (χ0) is 12.1. The summed E-state index contributed by atoms with van der Waals surface area (Å²) in [6.07, 6.45) is 7.20. The van der Waals surface area contributed by atoms with Crippen LogP contribution in [0.3, 0.4) is 0 Å². The fourth-order valence-electron chi connectivity index (χ4n) is 1.10. The Balaban J connectivity index is 2.08. The van der Waals surface area contributed by atoms with E-state index in [1.165, 1.54) is 38.1 Å². The molecule has 2 aromatic rings. The van der Waals surface area contributed by atoms with Crippen molar-refractivity contribution < 1.29 is 9.53 Å². The summed E-state index contributed by atoms with van der Waals surface area (Å²) in [5, 5.41) is 2.59. The first-order valence-corrected chi connectivity index (χ1v) is 4.73. The smallest absolute Gasteiger partial charge is 0.316 e. The quantitative estimate of drug-likeness (QED) is 0.828. The Morgan fingerprint density at radius 2 is 1.94 bits per heavy atom. The first kappa shape index (κ1) is 10.9. The summed E-state index contributed by atoms with van der Waals surface area (Å²) in [7, 11) is 1.47. The standard InChI is InChI=1S/C10H9N5O2/c1-17-10-13-4-7(5-14-10)15-9(16)8-6-11-2-3-12-8/h2-6H,1H3,(H,15,16). The minimum Gasteiger partial charge on any atom is -0.467 e. The van der Waals surface area contributed by atoms with Crippen LogP contribution in [0, 0.1) is 0 Å². The number of hydrogen-bond acceptors (Lipinski definition) is 6. The van der Waals surface area contributed by atoms with Crippen molar-refractivity contribution in [3.8, 4) is 6.01 Å². The Kier molecular flexibility index (Phi) is 3.20. The number of amides is 1. The van der Waals surface area contributed by atoms with Crippen LogP contribution in [0.4, 0.5) is 5.69 Å². The lowest BCUT2D eigenvalue weighted by Gasteiger charge is -2.03. The van der Waals surface area contributed by atoms with Crippen LogP contribution in [0.2, 0.25) is 0 Å². The normalized spacial score (nSPS) is 9.71. The van der Waals surface area contributed by atoms with Crippen molar-refractivity contribution >= 4 is 11.6 Å². The maximum atomic E-state index is 11.7. The molecular weight excluding hydrogens is 222 g/mol. The fraction of sp³-hybridized carbons (Fsp3) is 0.100. The number of ether oxygens (including phenoxy) is 1. The average molecular weight is 231 g/mol. The lowest BCUT2D eigenvalue weighted by atomic mass is 10.4. The van der Waals surface area contributed by atoms with Gasteiger partial charge in [0.15, 0.2) is 0 Å². The molecular formula is C10H9N5O2. The number of carbonyl (C=O) groups is 1. The molecule has 1 amide bonds. The number of nitrogens with zero attached hydrogens (tertiary/aromatic N) is 4. The second kappa shape index (κ2) is 4.97.